The number of anilines is 1. The Labute approximate surface area is 209 Å². The molecule has 0 atom stereocenters. The number of aromatic nitrogens is 1. The number of halogens is 3. The second-order valence-corrected chi connectivity index (χ2v) is 9.43. The summed E-state index contributed by atoms with van der Waals surface area (Å²) < 4.78 is 49.5. The first-order valence-electron chi connectivity index (χ1n) is 11.3. The van der Waals surface area contributed by atoms with Crippen LogP contribution in [0.3, 0.4) is 0 Å². The maximum absolute atomic E-state index is 15.1. The Morgan fingerprint density at radius 1 is 1.22 bits per heavy atom. The van der Waals surface area contributed by atoms with Gasteiger partial charge in [0.25, 0.3) is 5.91 Å². The van der Waals surface area contributed by atoms with Crippen LogP contribution >= 0.6 is 11.3 Å². The molecule has 188 valence electrons. The number of aliphatic carboxylic acids is 1. The quantitative estimate of drug-likeness (QED) is 0.327. The fraction of sp³-hybridized carbons (Fsp3) is 0.269. The van der Waals surface area contributed by atoms with Gasteiger partial charge in [0.2, 0.25) is 0 Å². The molecule has 0 saturated heterocycles. The summed E-state index contributed by atoms with van der Waals surface area (Å²) in [4.78, 5) is 27.7. The van der Waals surface area contributed by atoms with Crippen molar-refractivity contribution in [2.75, 3.05) is 11.9 Å². The number of nitrogens with zero attached hydrogens (tertiary/aromatic N) is 1. The molecular weight excluding hydrogens is 493 g/mol. The lowest BCUT2D eigenvalue weighted by Gasteiger charge is -2.24. The van der Waals surface area contributed by atoms with Crippen molar-refractivity contribution < 1.29 is 32.6 Å². The number of hydrogen-bond donors (Lipinski definition) is 2. The molecule has 10 heteroatoms. The molecule has 4 rings (SSSR count). The molecule has 1 aliphatic rings. The van der Waals surface area contributed by atoms with Crippen molar-refractivity contribution >= 4 is 34.4 Å². The first-order chi connectivity index (χ1) is 17.2. The Kier molecular flexibility index (Phi) is 7.85. The maximum Gasteiger partial charge on any atom is 0.331 e. The van der Waals surface area contributed by atoms with Crippen LogP contribution in [-0.4, -0.2) is 28.6 Å². The second kappa shape index (κ2) is 11.0. The molecule has 3 aromatic rings. The fourth-order valence-electron chi connectivity index (χ4n) is 3.64. The second-order valence-electron chi connectivity index (χ2n) is 8.57. The van der Waals surface area contributed by atoms with Crippen LogP contribution in [0.1, 0.15) is 47.7 Å². The minimum atomic E-state index is -1.32. The van der Waals surface area contributed by atoms with Gasteiger partial charge in [-0.3, -0.25) is 10.1 Å². The Morgan fingerprint density at radius 2 is 1.94 bits per heavy atom. The van der Waals surface area contributed by atoms with Crippen LogP contribution in [0.25, 0.3) is 17.3 Å². The van der Waals surface area contributed by atoms with Crippen molar-refractivity contribution in [1.82, 2.24) is 4.98 Å². The Hall–Kier alpha value is -3.50. The first kappa shape index (κ1) is 25.6. The van der Waals surface area contributed by atoms with Crippen molar-refractivity contribution in [3.8, 4) is 11.3 Å². The summed E-state index contributed by atoms with van der Waals surface area (Å²) in [6, 6.07) is 6.53. The number of thiazole rings is 1. The molecule has 0 aliphatic heterocycles. The van der Waals surface area contributed by atoms with Crippen molar-refractivity contribution in [1.29, 1.82) is 0 Å². The number of carbonyl (C=O) groups excluding carboxylic acids is 1. The van der Waals surface area contributed by atoms with E-state index in [4.69, 9.17) is 9.84 Å². The van der Waals surface area contributed by atoms with Crippen LogP contribution in [0.4, 0.5) is 18.3 Å². The number of carboxylic acid groups (broad SMARTS) is 1. The molecule has 1 aliphatic carbocycles. The predicted molar refractivity (Wildman–Crippen MR) is 130 cm³/mol. The molecule has 1 heterocycles. The number of carbonyl (C=O) groups is 2. The summed E-state index contributed by atoms with van der Waals surface area (Å²) in [6.45, 7) is 1.95. The smallest absolute Gasteiger partial charge is 0.331 e. The van der Waals surface area contributed by atoms with E-state index in [1.165, 1.54) is 13.3 Å². The summed E-state index contributed by atoms with van der Waals surface area (Å²) in [5.41, 5.74) is -0.182. The number of rotatable bonds is 9. The summed E-state index contributed by atoms with van der Waals surface area (Å²) in [7, 11) is 0. The fourth-order valence-corrected chi connectivity index (χ4v) is 4.35. The van der Waals surface area contributed by atoms with Gasteiger partial charge in [-0.1, -0.05) is 18.6 Å². The van der Waals surface area contributed by atoms with E-state index in [1.54, 1.807) is 23.6 Å². The highest BCUT2D eigenvalue weighted by Gasteiger charge is 2.19. The van der Waals surface area contributed by atoms with Crippen LogP contribution in [0.5, 0.6) is 0 Å². The number of ether oxygens (including phenoxy) is 1. The van der Waals surface area contributed by atoms with Gasteiger partial charge < -0.3 is 9.84 Å². The van der Waals surface area contributed by atoms with Gasteiger partial charge in [-0.05, 0) is 50.0 Å². The zero-order chi connectivity index (χ0) is 25.8. The highest BCUT2D eigenvalue weighted by molar-refractivity contribution is 7.14. The molecule has 0 spiro atoms. The van der Waals surface area contributed by atoms with Crippen LogP contribution in [0, 0.1) is 23.4 Å². The van der Waals surface area contributed by atoms with Crippen molar-refractivity contribution in [2.24, 2.45) is 5.92 Å². The van der Waals surface area contributed by atoms with E-state index in [1.807, 2.05) is 0 Å². The van der Waals surface area contributed by atoms with E-state index in [0.29, 0.717) is 23.8 Å². The van der Waals surface area contributed by atoms with E-state index in [2.05, 4.69) is 10.3 Å². The van der Waals surface area contributed by atoms with E-state index in [9.17, 15) is 18.4 Å². The van der Waals surface area contributed by atoms with E-state index in [0.717, 1.165) is 42.4 Å². The highest BCUT2D eigenvalue weighted by Crippen LogP contribution is 2.30. The number of amides is 1. The molecule has 36 heavy (non-hydrogen) atoms. The average Bonchev–Trinajstić information content (AvgIpc) is 3.26. The van der Waals surface area contributed by atoms with Gasteiger partial charge in [-0.25, -0.2) is 22.9 Å². The first-order valence-corrected chi connectivity index (χ1v) is 12.1. The Morgan fingerprint density at radius 3 is 2.58 bits per heavy atom. The number of nitrogens with one attached hydrogen (secondary N) is 1. The van der Waals surface area contributed by atoms with E-state index < -0.39 is 34.9 Å². The SMILES string of the molecule is C/C(=C\c1c(F)cc(C(=O)Nc2nc(-c3cccc(COCC4CCC4)c3F)cs2)cc1F)C(=O)O. The van der Waals surface area contributed by atoms with Crippen LogP contribution in [0.15, 0.2) is 41.3 Å². The monoisotopic (exact) mass is 516 g/mol. The summed E-state index contributed by atoms with van der Waals surface area (Å²) >= 11 is 1.03. The minimum Gasteiger partial charge on any atom is -0.478 e. The van der Waals surface area contributed by atoms with Gasteiger partial charge in [-0.2, -0.15) is 0 Å². The predicted octanol–water partition coefficient (Wildman–Crippen LogP) is 6.28. The van der Waals surface area contributed by atoms with Gasteiger partial charge in [0.1, 0.15) is 17.5 Å². The van der Waals surface area contributed by atoms with Crippen molar-refractivity contribution in [2.45, 2.75) is 32.8 Å². The molecule has 1 saturated carbocycles. The Balaban J connectivity index is 1.46. The number of hydrogen-bond acceptors (Lipinski definition) is 5. The standard InChI is InChI=1S/C26H23F3N2O4S/c1-14(25(33)34)8-19-20(27)9-17(10-21(19)28)24(32)31-26-30-22(13-36-26)18-7-3-6-16(23(18)29)12-35-11-15-4-2-5-15/h3,6-10,13,15H,2,4-5,11-12H2,1H3,(H,33,34)(H,30,31,32)/b14-8+. The van der Waals surface area contributed by atoms with Crippen molar-refractivity contribution in [3.05, 3.63) is 75.4 Å². The zero-order valence-electron chi connectivity index (χ0n) is 19.3. The summed E-state index contributed by atoms with van der Waals surface area (Å²) in [5, 5.41) is 13.0. The van der Waals surface area contributed by atoms with E-state index >= 15 is 4.39 Å². The molecule has 2 N–H and O–H groups in total. The molecule has 0 bridgehead atoms. The third kappa shape index (κ3) is 5.83. The molecule has 6 nitrogen and oxygen atoms in total. The molecule has 1 amide bonds. The third-order valence-electron chi connectivity index (χ3n) is 5.95. The lowest BCUT2D eigenvalue weighted by molar-refractivity contribution is -0.132. The maximum atomic E-state index is 15.1. The molecule has 0 unspecified atom stereocenters. The summed E-state index contributed by atoms with van der Waals surface area (Å²) in [6.07, 6.45) is 4.34. The lowest BCUT2D eigenvalue weighted by atomic mass is 9.86. The number of carboxylic acids is 1. The van der Waals surface area contributed by atoms with Crippen LogP contribution < -0.4 is 5.32 Å². The molecular formula is C26H23F3N2O4S. The molecule has 2 aromatic carbocycles. The number of benzene rings is 2. The average molecular weight is 517 g/mol. The zero-order valence-corrected chi connectivity index (χ0v) is 20.1. The van der Waals surface area contributed by atoms with Gasteiger partial charge in [0, 0.05) is 39.8 Å². The van der Waals surface area contributed by atoms with Gasteiger partial charge >= 0.3 is 5.97 Å². The van der Waals surface area contributed by atoms with Crippen molar-refractivity contribution in [3.63, 3.8) is 0 Å². The molecule has 1 fully saturated rings. The molecule has 1 aromatic heterocycles. The Bertz CT molecular complexity index is 1310. The minimum absolute atomic E-state index is 0.118. The lowest BCUT2D eigenvalue weighted by Crippen LogP contribution is -2.17. The van der Waals surface area contributed by atoms with Crippen LogP contribution in [0.2, 0.25) is 0 Å². The normalized spacial score (nSPS) is 13.9. The van der Waals surface area contributed by atoms with Gasteiger partial charge in [-0.15, -0.1) is 11.3 Å². The largest absolute Gasteiger partial charge is 0.478 e. The van der Waals surface area contributed by atoms with E-state index in [-0.39, 0.29) is 28.4 Å². The van der Waals surface area contributed by atoms with Crippen LogP contribution in [-0.2, 0) is 16.1 Å². The topological polar surface area (TPSA) is 88.5 Å². The highest BCUT2D eigenvalue weighted by atomic mass is 32.1. The third-order valence-corrected chi connectivity index (χ3v) is 6.71. The van der Waals surface area contributed by atoms with Gasteiger partial charge in [0.05, 0.1) is 12.3 Å². The molecule has 0 radical (unpaired) electrons. The summed E-state index contributed by atoms with van der Waals surface area (Å²) in [5.74, 6) is -4.22. The van der Waals surface area contributed by atoms with Gasteiger partial charge in [0.15, 0.2) is 5.13 Å².